The first-order valence-electron chi connectivity index (χ1n) is 18.5. The predicted octanol–water partition coefficient (Wildman–Crippen LogP) is 12.6. The molecular weight excluding hydrogens is 767 g/mol. The summed E-state index contributed by atoms with van der Waals surface area (Å²) in [6, 6.07) is 47.9. The maximum Gasteiger partial charge on any atom is 2.00 e. The molecule has 4 aromatic heterocycles. The molecular formula is C49H38N4OPd. The van der Waals surface area contributed by atoms with Crippen LogP contribution in [0.4, 0.5) is 0 Å². The van der Waals surface area contributed by atoms with E-state index < -0.39 is 0 Å². The van der Waals surface area contributed by atoms with E-state index in [0.717, 1.165) is 66.0 Å². The molecule has 5 nitrogen and oxygen atoms in total. The number of ether oxygens (including phenoxy) is 1. The third-order valence-electron chi connectivity index (χ3n) is 10.8. The van der Waals surface area contributed by atoms with Crippen molar-refractivity contribution in [2.75, 3.05) is 0 Å². The molecule has 55 heavy (non-hydrogen) atoms. The number of hydrogen-bond acceptors (Lipinski definition) is 3. The first-order valence-corrected chi connectivity index (χ1v) is 18.5. The minimum atomic E-state index is -0.0146. The van der Waals surface area contributed by atoms with Crippen molar-refractivity contribution < 1.29 is 25.2 Å². The van der Waals surface area contributed by atoms with Crippen LogP contribution in [-0.4, -0.2) is 18.9 Å². The van der Waals surface area contributed by atoms with Crippen LogP contribution in [0, 0.1) is 32.9 Å². The van der Waals surface area contributed by atoms with Crippen LogP contribution in [0.25, 0.3) is 77.1 Å². The summed E-state index contributed by atoms with van der Waals surface area (Å²) < 4.78 is 11.1. The monoisotopic (exact) mass is 804 g/mol. The Balaban J connectivity index is 0.00000397. The summed E-state index contributed by atoms with van der Waals surface area (Å²) in [5, 5.41) is 5.36. The van der Waals surface area contributed by atoms with Crippen LogP contribution in [0.15, 0.2) is 121 Å². The molecule has 0 aliphatic rings. The van der Waals surface area contributed by atoms with Gasteiger partial charge in [-0.3, -0.25) is 4.98 Å². The van der Waals surface area contributed by atoms with Gasteiger partial charge in [0.2, 0.25) is 0 Å². The molecule has 10 rings (SSSR count). The Morgan fingerprint density at radius 2 is 1.31 bits per heavy atom. The summed E-state index contributed by atoms with van der Waals surface area (Å²) in [5.74, 6) is 2.06. The Bertz CT molecular complexity index is 3140. The molecule has 4 heterocycles. The average Bonchev–Trinajstić information content (AvgIpc) is 3.71. The van der Waals surface area contributed by atoms with E-state index in [2.05, 4.69) is 160 Å². The van der Waals surface area contributed by atoms with Gasteiger partial charge in [-0.25, -0.2) is 4.98 Å². The zero-order valence-electron chi connectivity index (χ0n) is 31.6. The molecule has 6 heteroatoms. The van der Waals surface area contributed by atoms with Crippen molar-refractivity contribution in [2.24, 2.45) is 0 Å². The van der Waals surface area contributed by atoms with Crippen LogP contribution >= 0.6 is 0 Å². The molecule has 270 valence electrons. The van der Waals surface area contributed by atoms with Gasteiger partial charge < -0.3 is 13.7 Å². The molecule has 0 fully saturated rings. The molecule has 0 aliphatic heterocycles. The Morgan fingerprint density at radius 3 is 2.09 bits per heavy atom. The Hall–Kier alpha value is -5.80. The third kappa shape index (κ3) is 5.63. The zero-order valence-corrected chi connectivity index (χ0v) is 33.1. The average molecular weight is 805 g/mol. The molecule has 0 saturated heterocycles. The first kappa shape index (κ1) is 34.9. The smallest absolute Gasteiger partial charge is 0.503 e. The maximum atomic E-state index is 6.63. The topological polar surface area (TPSA) is 44.3 Å². The Kier molecular flexibility index (Phi) is 8.20. The largest absolute Gasteiger partial charge is 2.00 e. The molecule has 0 amide bonds. The number of para-hydroxylation sites is 3. The van der Waals surface area contributed by atoms with Gasteiger partial charge in [-0.05, 0) is 101 Å². The number of aryl methyl sites for hydroxylation is 3. The van der Waals surface area contributed by atoms with Crippen molar-refractivity contribution in [3.05, 3.63) is 156 Å². The van der Waals surface area contributed by atoms with Gasteiger partial charge in [-0.15, -0.1) is 29.7 Å². The van der Waals surface area contributed by atoms with Crippen LogP contribution < -0.4 is 4.74 Å². The molecule has 0 spiro atoms. The molecule has 0 unspecified atom stereocenters. The second-order valence-electron chi connectivity index (χ2n) is 15.6. The maximum absolute atomic E-state index is 6.63. The molecule has 0 radical (unpaired) electrons. The van der Waals surface area contributed by atoms with E-state index in [9.17, 15) is 0 Å². The van der Waals surface area contributed by atoms with Gasteiger partial charge >= 0.3 is 20.4 Å². The summed E-state index contributed by atoms with van der Waals surface area (Å²) in [4.78, 5) is 10.0. The predicted molar refractivity (Wildman–Crippen MR) is 222 cm³/mol. The summed E-state index contributed by atoms with van der Waals surface area (Å²) in [7, 11) is 0. The normalized spacial score (nSPS) is 12.0. The number of nitrogens with zero attached hydrogens (tertiary/aromatic N) is 4. The molecule has 6 aromatic carbocycles. The number of rotatable bonds is 4. The van der Waals surface area contributed by atoms with Crippen LogP contribution in [0.3, 0.4) is 0 Å². The number of benzene rings is 6. The fraction of sp³-hybridized carbons (Fsp3) is 0.143. The van der Waals surface area contributed by atoms with E-state index in [0.29, 0.717) is 11.5 Å². The van der Waals surface area contributed by atoms with E-state index in [-0.39, 0.29) is 25.8 Å². The van der Waals surface area contributed by atoms with Gasteiger partial charge in [-0.2, -0.15) is 6.07 Å². The van der Waals surface area contributed by atoms with E-state index in [1.807, 2.05) is 24.4 Å². The standard InChI is InChI=1S/C49H38N4O.Pd/c1-29-23-30(2)47(31(3)24-29)32-15-18-38-36-19-16-34(27-40(36)48-51-41-12-8-10-14-43(41)53(48)44(38)25-32)54-35-17-20-39-37-11-7-9-13-42(37)52(45(39)28-35)46-26-33(21-22-50-46)49(4,5)6;/h7-26H,1-6H3;/q-2;+2. The van der Waals surface area contributed by atoms with Gasteiger partial charge in [0.1, 0.15) is 5.82 Å². The van der Waals surface area contributed by atoms with E-state index in [1.165, 1.54) is 33.4 Å². The fourth-order valence-electron chi connectivity index (χ4n) is 8.41. The number of hydrogen-bond donors (Lipinski definition) is 0. The molecule has 0 bridgehead atoms. The molecule has 10 aromatic rings. The zero-order chi connectivity index (χ0) is 36.9. The summed E-state index contributed by atoms with van der Waals surface area (Å²) in [5.41, 5.74) is 13.5. The molecule has 0 aliphatic carbocycles. The molecule has 0 atom stereocenters. The van der Waals surface area contributed by atoms with Gasteiger partial charge in [0.15, 0.2) is 0 Å². The van der Waals surface area contributed by atoms with Crippen molar-refractivity contribution in [2.45, 2.75) is 47.0 Å². The van der Waals surface area contributed by atoms with Crippen molar-refractivity contribution in [1.29, 1.82) is 0 Å². The number of imidazole rings is 1. The van der Waals surface area contributed by atoms with Crippen LogP contribution in [-0.2, 0) is 25.8 Å². The number of pyridine rings is 2. The Morgan fingerprint density at radius 1 is 0.636 bits per heavy atom. The number of aromatic nitrogens is 4. The van der Waals surface area contributed by atoms with Gasteiger partial charge in [0.05, 0.1) is 16.7 Å². The quantitative estimate of drug-likeness (QED) is 0.101. The van der Waals surface area contributed by atoms with E-state index in [4.69, 9.17) is 14.7 Å². The number of fused-ring (bicyclic) bond motifs is 11. The van der Waals surface area contributed by atoms with E-state index >= 15 is 0 Å². The van der Waals surface area contributed by atoms with Crippen LogP contribution in [0.1, 0.15) is 43.0 Å². The minimum Gasteiger partial charge on any atom is -0.503 e. The SMILES string of the molecule is Cc1cc(C)c(-c2ccc3c4ccc(Oc5[c-]c6c(cc5)c5ccccc5n6-c5cc(C(C)(C)C)ccn5)[c-]c4c4nc5ccccc5n4c3c2)c(C)c1.[Pd+2]. The molecule has 0 N–H and O–H groups in total. The fourth-order valence-corrected chi connectivity index (χ4v) is 8.41. The Labute approximate surface area is 333 Å². The minimum absolute atomic E-state index is 0. The van der Waals surface area contributed by atoms with Crippen molar-refractivity contribution in [3.63, 3.8) is 0 Å². The summed E-state index contributed by atoms with van der Waals surface area (Å²) >= 11 is 0. The second-order valence-corrected chi connectivity index (χ2v) is 15.6. The first-order chi connectivity index (χ1) is 26.1. The van der Waals surface area contributed by atoms with Gasteiger partial charge in [0, 0.05) is 28.7 Å². The third-order valence-corrected chi connectivity index (χ3v) is 10.8. The van der Waals surface area contributed by atoms with Crippen molar-refractivity contribution in [1.82, 2.24) is 18.9 Å². The van der Waals surface area contributed by atoms with Gasteiger partial charge in [-0.1, -0.05) is 103 Å². The van der Waals surface area contributed by atoms with E-state index in [1.54, 1.807) is 0 Å². The van der Waals surface area contributed by atoms with Crippen LogP contribution in [0.5, 0.6) is 11.5 Å². The van der Waals surface area contributed by atoms with Gasteiger partial charge in [0.25, 0.3) is 0 Å². The second kappa shape index (κ2) is 12.9. The summed E-state index contributed by atoms with van der Waals surface area (Å²) in [6.45, 7) is 13.2. The van der Waals surface area contributed by atoms with Crippen molar-refractivity contribution in [3.8, 4) is 28.4 Å². The summed E-state index contributed by atoms with van der Waals surface area (Å²) in [6.07, 6.45) is 1.90. The molecule has 0 saturated carbocycles. The van der Waals surface area contributed by atoms with Crippen LogP contribution in [0.2, 0.25) is 0 Å². The van der Waals surface area contributed by atoms with Crippen molar-refractivity contribution >= 4 is 60.2 Å².